The largest absolute Gasteiger partial charge is 0.445 e. The van der Waals surface area contributed by atoms with Gasteiger partial charge in [0.2, 0.25) is 0 Å². The summed E-state index contributed by atoms with van der Waals surface area (Å²) in [6.45, 7) is 9.33. The maximum Gasteiger partial charge on any atom is 0.407 e. The molecular formula is C27H33N3O4. The highest BCUT2D eigenvalue weighted by Gasteiger charge is 2.20. The number of rotatable bonds is 10. The fraction of sp³-hybridized carbons (Fsp3) is 0.370. The Morgan fingerprint density at radius 1 is 1.06 bits per heavy atom. The molecule has 2 N–H and O–H groups in total. The number of amides is 2. The van der Waals surface area contributed by atoms with Crippen molar-refractivity contribution < 1.29 is 19.1 Å². The van der Waals surface area contributed by atoms with E-state index in [1.807, 2.05) is 54.6 Å². The summed E-state index contributed by atoms with van der Waals surface area (Å²) in [5.74, 6) is 0. The number of alkyl carbamates (subject to hydrolysis) is 2. The van der Waals surface area contributed by atoms with Crippen LogP contribution in [0.5, 0.6) is 0 Å². The molecule has 2 aromatic carbocycles. The Hall–Kier alpha value is -3.79. The molecule has 34 heavy (non-hydrogen) atoms. The van der Waals surface area contributed by atoms with Crippen molar-refractivity contribution in [1.29, 1.82) is 5.26 Å². The van der Waals surface area contributed by atoms with Gasteiger partial charge in [0, 0.05) is 6.04 Å². The Balaban J connectivity index is 2.05. The van der Waals surface area contributed by atoms with E-state index in [0.29, 0.717) is 12.8 Å². The molecule has 0 bridgehead atoms. The van der Waals surface area contributed by atoms with Crippen LogP contribution in [-0.2, 0) is 22.5 Å². The zero-order chi connectivity index (χ0) is 25.0. The fourth-order valence-electron chi connectivity index (χ4n) is 3.33. The van der Waals surface area contributed by atoms with Crippen LogP contribution in [0.4, 0.5) is 9.59 Å². The number of nitriles is 1. The minimum absolute atomic E-state index is 0.142. The zero-order valence-corrected chi connectivity index (χ0v) is 20.0. The number of nitrogens with one attached hydrogen (secondary N) is 2. The Labute approximate surface area is 201 Å². The van der Waals surface area contributed by atoms with Crippen LogP contribution >= 0.6 is 0 Å². The first-order chi connectivity index (χ1) is 16.2. The van der Waals surface area contributed by atoms with Crippen molar-refractivity contribution in [3.8, 4) is 6.07 Å². The first-order valence-corrected chi connectivity index (χ1v) is 11.2. The van der Waals surface area contributed by atoms with E-state index in [0.717, 1.165) is 16.7 Å². The normalized spacial score (nSPS) is 12.5. The molecule has 0 radical (unpaired) electrons. The lowest BCUT2D eigenvalue weighted by atomic mass is 9.97. The summed E-state index contributed by atoms with van der Waals surface area (Å²) in [5.41, 5.74) is 2.07. The lowest BCUT2D eigenvalue weighted by molar-refractivity contribution is 0.0505. The smallest absolute Gasteiger partial charge is 0.407 e. The molecule has 0 saturated carbocycles. The molecule has 0 heterocycles. The second kappa shape index (κ2) is 13.0. The van der Waals surface area contributed by atoms with Crippen molar-refractivity contribution in [1.82, 2.24) is 10.6 Å². The van der Waals surface area contributed by atoms with Crippen LogP contribution in [0.15, 0.2) is 67.3 Å². The Kier molecular flexibility index (Phi) is 10.2. The van der Waals surface area contributed by atoms with Gasteiger partial charge in [-0.3, -0.25) is 0 Å². The summed E-state index contributed by atoms with van der Waals surface area (Å²) < 4.78 is 10.7. The molecule has 2 amide bonds. The van der Waals surface area contributed by atoms with E-state index in [2.05, 4.69) is 23.3 Å². The molecule has 0 fully saturated rings. The lowest BCUT2D eigenvalue weighted by Crippen LogP contribution is -2.40. The number of carbonyl (C=O) groups excluding carboxylic acids is 2. The zero-order valence-electron chi connectivity index (χ0n) is 20.0. The van der Waals surface area contributed by atoms with Gasteiger partial charge < -0.3 is 20.1 Å². The summed E-state index contributed by atoms with van der Waals surface area (Å²) in [5, 5.41) is 14.9. The molecule has 0 unspecified atom stereocenters. The molecule has 0 aliphatic rings. The molecule has 2 atom stereocenters. The molecule has 7 nitrogen and oxygen atoms in total. The maximum atomic E-state index is 12.4. The van der Waals surface area contributed by atoms with E-state index in [9.17, 15) is 14.9 Å². The molecule has 2 rings (SSSR count). The molecule has 0 aliphatic carbocycles. The number of ether oxygens (including phenoxy) is 2. The standard InChI is InChI=1S/C27H33N3O4/c1-5-10-24(30-25(31)33-19-20-11-7-6-8-12-20)22-14-9-13-21(17-22)18-23(15-16-28)29-26(32)34-27(2,3)4/h5-9,11-14,17,23-24H,1,10,15,18-19H2,2-4H3,(H,29,32)(H,30,31)/t23-,24-/m0/s1. The molecular weight excluding hydrogens is 430 g/mol. The van der Waals surface area contributed by atoms with Crippen molar-refractivity contribution >= 4 is 12.2 Å². The highest BCUT2D eigenvalue weighted by molar-refractivity contribution is 5.68. The fourth-order valence-corrected chi connectivity index (χ4v) is 3.33. The molecule has 0 aliphatic heterocycles. The highest BCUT2D eigenvalue weighted by atomic mass is 16.6. The predicted octanol–water partition coefficient (Wildman–Crippen LogP) is 5.58. The third-order valence-corrected chi connectivity index (χ3v) is 4.80. The van der Waals surface area contributed by atoms with Crippen molar-refractivity contribution in [2.75, 3.05) is 0 Å². The van der Waals surface area contributed by atoms with Crippen LogP contribution in [0.2, 0.25) is 0 Å². The summed E-state index contributed by atoms with van der Waals surface area (Å²) >= 11 is 0. The summed E-state index contributed by atoms with van der Waals surface area (Å²) in [6, 6.07) is 18.5. The van der Waals surface area contributed by atoms with Gasteiger partial charge in [-0.25, -0.2) is 9.59 Å². The summed E-state index contributed by atoms with van der Waals surface area (Å²) in [6.07, 6.45) is 1.76. The SMILES string of the molecule is C=CC[C@H](NC(=O)OCc1ccccc1)c1cccc(C[C@H](CC#N)NC(=O)OC(C)(C)C)c1. The van der Waals surface area contributed by atoms with Gasteiger partial charge in [-0.15, -0.1) is 6.58 Å². The predicted molar refractivity (Wildman–Crippen MR) is 131 cm³/mol. The average Bonchev–Trinajstić information content (AvgIpc) is 2.77. The van der Waals surface area contributed by atoms with Gasteiger partial charge in [-0.2, -0.15) is 5.26 Å². The average molecular weight is 464 g/mol. The van der Waals surface area contributed by atoms with Crippen molar-refractivity contribution in [3.05, 3.63) is 83.9 Å². The molecule has 0 aromatic heterocycles. The first-order valence-electron chi connectivity index (χ1n) is 11.2. The van der Waals surface area contributed by atoms with E-state index in [1.54, 1.807) is 26.8 Å². The minimum Gasteiger partial charge on any atom is -0.445 e. The van der Waals surface area contributed by atoms with Gasteiger partial charge in [-0.05, 0) is 50.3 Å². The summed E-state index contributed by atoms with van der Waals surface area (Å²) in [4.78, 5) is 24.6. The molecule has 180 valence electrons. The van der Waals surface area contributed by atoms with Gasteiger partial charge in [-0.1, -0.05) is 60.7 Å². The van der Waals surface area contributed by atoms with Gasteiger partial charge in [0.15, 0.2) is 0 Å². The number of hydrogen-bond acceptors (Lipinski definition) is 5. The second-order valence-corrected chi connectivity index (χ2v) is 8.94. The number of nitrogens with zero attached hydrogens (tertiary/aromatic N) is 1. The van der Waals surface area contributed by atoms with Gasteiger partial charge in [0.1, 0.15) is 12.2 Å². The van der Waals surface area contributed by atoms with Crippen molar-refractivity contribution in [3.63, 3.8) is 0 Å². The van der Waals surface area contributed by atoms with E-state index in [1.165, 1.54) is 0 Å². The first kappa shape index (κ1) is 26.5. The van der Waals surface area contributed by atoms with Crippen LogP contribution in [0, 0.1) is 11.3 Å². The molecule has 7 heteroatoms. The maximum absolute atomic E-state index is 12.4. The Bertz CT molecular complexity index is 993. The Morgan fingerprint density at radius 2 is 1.76 bits per heavy atom. The highest BCUT2D eigenvalue weighted by Crippen LogP contribution is 2.20. The lowest BCUT2D eigenvalue weighted by Gasteiger charge is -2.23. The third kappa shape index (κ3) is 9.78. The molecule has 0 spiro atoms. The van der Waals surface area contributed by atoms with E-state index >= 15 is 0 Å². The van der Waals surface area contributed by atoms with Crippen molar-refractivity contribution in [2.24, 2.45) is 0 Å². The number of carbonyl (C=O) groups is 2. The molecule has 0 saturated heterocycles. The topological polar surface area (TPSA) is 100 Å². The van der Waals surface area contributed by atoms with Crippen LogP contribution in [0.1, 0.15) is 56.3 Å². The van der Waals surface area contributed by atoms with Crippen molar-refractivity contribution in [2.45, 2.75) is 64.3 Å². The monoisotopic (exact) mass is 463 g/mol. The van der Waals surface area contributed by atoms with E-state index in [-0.39, 0.29) is 19.1 Å². The number of hydrogen-bond donors (Lipinski definition) is 2. The Morgan fingerprint density at radius 3 is 2.41 bits per heavy atom. The quantitative estimate of drug-likeness (QED) is 0.448. The molecule has 2 aromatic rings. The van der Waals surface area contributed by atoms with E-state index in [4.69, 9.17) is 9.47 Å². The van der Waals surface area contributed by atoms with Crippen LogP contribution in [-0.4, -0.2) is 23.8 Å². The van der Waals surface area contributed by atoms with Gasteiger partial charge in [0.05, 0.1) is 18.5 Å². The minimum atomic E-state index is -0.625. The van der Waals surface area contributed by atoms with Crippen LogP contribution < -0.4 is 10.6 Å². The number of benzene rings is 2. The van der Waals surface area contributed by atoms with Crippen LogP contribution in [0.3, 0.4) is 0 Å². The van der Waals surface area contributed by atoms with Gasteiger partial charge in [0.25, 0.3) is 0 Å². The van der Waals surface area contributed by atoms with Gasteiger partial charge >= 0.3 is 12.2 Å². The summed E-state index contributed by atoms with van der Waals surface area (Å²) in [7, 11) is 0. The second-order valence-electron chi connectivity index (χ2n) is 8.94. The third-order valence-electron chi connectivity index (χ3n) is 4.80. The van der Waals surface area contributed by atoms with Crippen LogP contribution in [0.25, 0.3) is 0 Å². The van der Waals surface area contributed by atoms with E-state index < -0.39 is 23.8 Å².